The van der Waals surface area contributed by atoms with Crippen molar-refractivity contribution < 1.29 is 14.3 Å². The Bertz CT molecular complexity index is 787. The number of carbonyl (C=O) groups is 2. The molecule has 1 N–H and O–H groups in total. The Morgan fingerprint density at radius 3 is 2.44 bits per heavy atom. The van der Waals surface area contributed by atoms with Crippen LogP contribution >= 0.6 is 0 Å². The fraction of sp³-hybridized carbons (Fsp3) is 0.333. The molecule has 27 heavy (non-hydrogen) atoms. The first-order valence-corrected chi connectivity index (χ1v) is 9.09. The summed E-state index contributed by atoms with van der Waals surface area (Å²) in [5.41, 5.74) is 3.14. The van der Waals surface area contributed by atoms with E-state index in [1.54, 1.807) is 16.9 Å². The van der Waals surface area contributed by atoms with E-state index in [2.05, 4.69) is 5.32 Å². The number of amides is 3. The fourth-order valence-electron chi connectivity index (χ4n) is 3.06. The average Bonchev–Trinajstić information content (AvgIpc) is 3.03. The Morgan fingerprint density at radius 1 is 1.07 bits per heavy atom. The highest BCUT2D eigenvalue weighted by atomic mass is 16.5. The van der Waals surface area contributed by atoms with Gasteiger partial charge in [0.2, 0.25) is 5.91 Å². The van der Waals surface area contributed by atoms with Gasteiger partial charge in [0.25, 0.3) is 0 Å². The maximum Gasteiger partial charge on any atom is 0.325 e. The number of carbonyl (C=O) groups excluding carboxylic acids is 2. The Balaban J connectivity index is 1.45. The van der Waals surface area contributed by atoms with Gasteiger partial charge in [-0.2, -0.15) is 0 Å². The van der Waals surface area contributed by atoms with E-state index in [4.69, 9.17) is 4.74 Å². The third kappa shape index (κ3) is 4.78. The lowest BCUT2D eigenvalue weighted by molar-refractivity contribution is -0.121. The van der Waals surface area contributed by atoms with Crippen molar-refractivity contribution in [1.82, 2.24) is 10.2 Å². The van der Waals surface area contributed by atoms with Crippen molar-refractivity contribution in [3.63, 3.8) is 0 Å². The highest BCUT2D eigenvalue weighted by Gasteiger charge is 2.30. The van der Waals surface area contributed by atoms with Crippen LogP contribution in [0.25, 0.3) is 0 Å². The van der Waals surface area contributed by atoms with E-state index in [1.165, 1.54) is 0 Å². The van der Waals surface area contributed by atoms with Gasteiger partial charge in [0.05, 0.1) is 7.11 Å². The molecule has 0 unspecified atom stereocenters. The van der Waals surface area contributed by atoms with Gasteiger partial charge < -0.3 is 15.0 Å². The van der Waals surface area contributed by atoms with Crippen LogP contribution in [-0.4, -0.2) is 50.1 Å². The number of hydrogen-bond donors (Lipinski definition) is 1. The lowest BCUT2D eigenvalue weighted by Crippen LogP contribution is -2.40. The Hall–Kier alpha value is -3.02. The van der Waals surface area contributed by atoms with Crippen molar-refractivity contribution >= 4 is 17.6 Å². The summed E-state index contributed by atoms with van der Waals surface area (Å²) in [5.74, 6) is 0.677. The largest absolute Gasteiger partial charge is 0.497 e. The first kappa shape index (κ1) is 18.8. The van der Waals surface area contributed by atoms with E-state index in [9.17, 15) is 9.59 Å². The van der Waals surface area contributed by atoms with Crippen molar-refractivity contribution in [2.75, 3.05) is 38.2 Å². The van der Waals surface area contributed by atoms with Gasteiger partial charge in [-0.15, -0.1) is 0 Å². The molecule has 1 aliphatic heterocycles. The van der Waals surface area contributed by atoms with Crippen LogP contribution in [-0.2, 0) is 11.2 Å². The highest BCUT2D eigenvalue weighted by Crippen LogP contribution is 2.20. The molecule has 0 bridgehead atoms. The first-order valence-electron chi connectivity index (χ1n) is 9.09. The third-order valence-corrected chi connectivity index (χ3v) is 4.67. The quantitative estimate of drug-likeness (QED) is 0.818. The molecule has 6 nitrogen and oxygen atoms in total. The molecule has 2 aromatic carbocycles. The van der Waals surface area contributed by atoms with Gasteiger partial charge in [-0.3, -0.25) is 9.69 Å². The lowest BCUT2D eigenvalue weighted by Gasteiger charge is -2.18. The lowest BCUT2D eigenvalue weighted by atomic mass is 10.1. The number of urea groups is 1. The van der Waals surface area contributed by atoms with Gasteiger partial charge >= 0.3 is 6.03 Å². The predicted octanol–water partition coefficient (Wildman–Crippen LogP) is 2.60. The van der Waals surface area contributed by atoms with Crippen molar-refractivity contribution in [1.29, 1.82) is 0 Å². The fourth-order valence-corrected chi connectivity index (χ4v) is 3.06. The van der Waals surface area contributed by atoms with Crippen molar-refractivity contribution in [3.05, 3.63) is 59.7 Å². The van der Waals surface area contributed by atoms with E-state index in [-0.39, 0.29) is 18.5 Å². The maximum absolute atomic E-state index is 12.5. The molecule has 1 fully saturated rings. The summed E-state index contributed by atoms with van der Waals surface area (Å²) in [6, 6.07) is 15.5. The molecule has 0 radical (unpaired) electrons. The van der Waals surface area contributed by atoms with Crippen LogP contribution in [0.5, 0.6) is 5.75 Å². The Labute approximate surface area is 159 Å². The molecule has 0 saturated carbocycles. The van der Waals surface area contributed by atoms with E-state index in [0.717, 1.165) is 29.0 Å². The molecule has 3 amide bonds. The molecular weight excluding hydrogens is 342 g/mol. The maximum atomic E-state index is 12.5. The van der Waals surface area contributed by atoms with Gasteiger partial charge in [-0.25, -0.2) is 4.79 Å². The van der Waals surface area contributed by atoms with Crippen molar-refractivity contribution in [3.8, 4) is 5.75 Å². The third-order valence-electron chi connectivity index (χ3n) is 4.67. The van der Waals surface area contributed by atoms with Crippen LogP contribution < -0.4 is 15.0 Å². The van der Waals surface area contributed by atoms with E-state index < -0.39 is 0 Å². The van der Waals surface area contributed by atoms with Crippen LogP contribution in [0.1, 0.15) is 11.1 Å². The predicted molar refractivity (Wildman–Crippen MR) is 105 cm³/mol. The number of hydrogen-bond acceptors (Lipinski definition) is 3. The second-order valence-corrected chi connectivity index (χ2v) is 6.64. The summed E-state index contributed by atoms with van der Waals surface area (Å²) < 4.78 is 5.13. The highest BCUT2D eigenvalue weighted by molar-refractivity contribution is 5.96. The smallest absolute Gasteiger partial charge is 0.325 e. The van der Waals surface area contributed by atoms with E-state index >= 15 is 0 Å². The van der Waals surface area contributed by atoms with Crippen LogP contribution in [0.3, 0.4) is 0 Å². The zero-order valence-corrected chi connectivity index (χ0v) is 15.8. The van der Waals surface area contributed by atoms with Crippen molar-refractivity contribution in [2.24, 2.45) is 0 Å². The molecule has 2 aromatic rings. The number of benzene rings is 2. The van der Waals surface area contributed by atoms with Gasteiger partial charge in [0, 0.05) is 25.3 Å². The molecule has 0 atom stereocenters. The summed E-state index contributed by atoms with van der Waals surface area (Å²) >= 11 is 0. The number of aryl methyl sites for hydroxylation is 1. The molecule has 0 aromatic heterocycles. The van der Waals surface area contributed by atoms with Crippen molar-refractivity contribution in [2.45, 2.75) is 13.3 Å². The number of rotatable bonds is 7. The molecule has 1 heterocycles. The summed E-state index contributed by atoms with van der Waals surface area (Å²) in [7, 11) is 1.63. The average molecular weight is 367 g/mol. The molecule has 1 saturated heterocycles. The molecule has 0 spiro atoms. The number of ether oxygens (including phenoxy) is 1. The monoisotopic (exact) mass is 367 g/mol. The number of nitrogens with one attached hydrogen (secondary N) is 1. The molecule has 1 aliphatic rings. The van der Waals surface area contributed by atoms with Crippen LogP contribution in [0.2, 0.25) is 0 Å². The van der Waals surface area contributed by atoms with Crippen LogP contribution in [0.4, 0.5) is 10.5 Å². The molecule has 0 aliphatic carbocycles. The van der Waals surface area contributed by atoms with Gasteiger partial charge in [0.15, 0.2) is 0 Å². The van der Waals surface area contributed by atoms with Crippen LogP contribution in [0.15, 0.2) is 48.5 Å². The normalized spacial score (nSPS) is 13.8. The van der Waals surface area contributed by atoms with E-state index in [0.29, 0.717) is 19.6 Å². The van der Waals surface area contributed by atoms with E-state index in [1.807, 2.05) is 55.5 Å². The SMILES string of the molecule is COc1ccc(CCNC(=O)CN2CCN(c3ccc(C)cc3)C2=O)cc1. The second kappa shape index (κ2) is 8.58. The minimum atomic E-state index is -0.136. The molecule has 6 heteroatoms. The Kier molecular flexibility index (Phi) is 5.96. The first-order chi connectivity index (χ1) is 13.1. The van der Waals surface area contributed by atoms with Gasteiger partial charge in [-0.1, -0.05) is 29.8 Å². The summed E-state index contributed by atoms with van der Waals surface area (Å²) in [6.07, 6.45) is 0.735. The van der Waals surface area contributed by atoms with Gasteiger partial charge in [-0.05, 0) is 43.2 Å². The molecular formula is C21H25N3O3. The molecule has 3 rings (SSSR count). The van der Waals surface area contributed by atoms with Crippen LogP contribution in [0, 0.1) is 6.92 Å². The molecule has 142 valence electrons. The summed E-state index contributed by atoms with van der Waals surface area (Å²) in [4.78, 5) is 28.0. The number of nitrogens with zero attached hydrogens (tertiary/aromatic N) is 2. The Morgan fingerprint density at radius 2 is 1.78 bits per heavy atom. The minimum absolute atomic E-state index is 0.0871. The number of anilines is 1. The second-order valence-electron chi connectivity index (χ2n) is 6.64. The summed E-state index contributed by atoms with van der Waals surface area (Å²) in [6.45, 7) is 3.79. The zero-order chi connectivity index (χ0) is 19.2. The minimum Gasteiger partial charge on any atom is -0.497 e. The van der Waals surface area contributed by atoms with Gasteiger partial charge in [0.1, 0.15) is 12.3 Å². The standard InChI is InChI=1S/C21H25N3O3/c1-16-3-7-18(8-4-16)24-14-13-23(21(24)26)15-20(25)22-12-11-17-5-9-19(27-2)10-6-17/h3-10H,11-15H2,1-2H3,(H,22,25). The topological polar surface area (TPSA) is 61.9 Å². The summed E-state index contributed by atoms with van der Waals surface area (Å²) in [5, 5.41) is 2.89. The zero-order valence-electron chi connectivity index (χ0n) is 15.8. The number of methoxy groups -OCH3 is 1.